The van der Waals surface area contributed by atoms with Crippen LogP contribution in [0.4, 0.5) is 5.69 Å². The number of Topliss-reactive ketones (excluding diaryl/α,β-unsaturated/α-hetero) is 1. The third-order valence-corrected chi connectivity index (χ3v) is 3.96. The van der Waals surface area contributed by atoms with Gasteiger partial charge in [0.15, 0.2) is 5.78 Å². The third kappa shape index (κ3) is 3.61. The van der Waals surface area contributed by atoms with Crippen molar-refractivity contribution >= 4 is 23.4 Å². The van der Waals surface area contributed by atoms with Crippen LogP contribution in [-0.2, 0) is 0 Å². The first kappa shape index (κ1) is 13.7. The number of carbonyl (C=O) groups excluding carboxylic acids is 1. The molecule has 0 bridgehead atoms. The Bertz CT molecular complexity index is 554. The van der Waals surface area contributed by atoms with Gasteiger partial charge in [-0.05, 0) is 50.1 Å². The number of hydrogen-bond donors (Lipinski definition) is 0. The van der Waals surface area contributed by atoms with Crippen molar-refractivity contribution in [2.75, 3.05) is 10.8 Å². The van der Waals surface area contributed by atoms with E-state index in [2.05, 4.69) is 23.4 Å². The van der Waals surface area contributed by atoms with Gasteiger partial charge in [-0.1, -0.05) is 30.3 Å². The quantitative estimate of drug-likeness (QED) is 0.593. The van der Waals surface area contributed by atoms with Gasteiger partial charge in [-0.15, -0.1) is 0 Å². The molecule has 0 radical (unpaired) electrons. The Hall–Kier alpha value is -1.74. The Balaban J connectivity index is 2.22. The van der Waals surface area contributed by atoms with Crippen LogP contribution in [0.2, 0.25) is 0 Å². The monoisotopic (exact) mass is 271 g/mol. The molecule has 2 aromatic carbocycles. The summed E-state index contributed by atoms with van der Waals surface area (Å²) in [4.78, 5) is 12.6. The highest BCUT2D eigenvalue weighted by Gasteiger charge is 2.08. The molecule has 2 rings (SSSR count). The van der Waals surface area contributed by atoms with Crippen molar-refractivity contribution < 1.29 is 4.79 Å². The highest BCUT2D eigenvalue weighted by Crippen LogP contribution is 2.29. The van der Waals surface area contributed by atoms with Crippen LogP contribution < -0.4 is 4.31 Å². The first-order valence-corrected chi connectivity index (χ1v) is 7.09. The van der Waals surface area contributed by atoms with Crippen LogP contribution in [0.1, 0.15) is 24.2 Å². The van der Waals surface area contributed by atoms with E-state index in [1.807, 2.05) is 42.5 Å². The maximum absolute atomic E-state index is 11.4. The van der Waals surface area contributed by atoms with Crippen molar-refractivity contribution in [1.82, 2.24) is 0 Å². The summed E-state index contributed by atoms with van der Waals surface area (Å²) >= 11 is 1.68. The Morgan fingerprint density at radius 2 is 1.84 bits per heavy atom. The molecule has 0 saturated carbocycles. The number of ketones is 1. The van der Waals surface area contributed by atoms with Crippen LogP contribution in [0.25, 0.3) is 0 Å². The second-order valence-electron chi connectivity index (χ2n) is 4.21. The van der Waals surface area contributed by atoms with E-state index < -0.39 is 0 Å². The molecule has 0 aliphatic carbocycles. The molecule has 0 spiro atoms. The molecule has 0 aliphatic rings. The van der Waals surface area contributed by atoms with E-state index in [0.717, 1.165) is 17.8 Å². The van der Waals surface area contributed by atoms with E-state index in [-0.39, 0.29) is 5.78 Å². The second kappa shape index (κ2) is 6.43. The smallest absolute Gasteiger partial charge is 0.159 e. The lowest BCUT2D eigenvalue weighted by Gasteiger charge is -2.22. The Kier molecular flexibility index (Phi) is 4.63. The summed E-state index contributed by atoms with van der Waals surface area (Å²) in [6.07, 6.45) is 0. The fraction of sp³-hybridized carbons (Fsp3) is 0.188. The first-order valence-electron chi connectivity index (χ1n) is 6.32. The molecule has 19 heavy (non-hydrogen) atoms. The van der Waals surface area contributed by atoms with Gasteiger partial charge in [0.05, 0.1) is 0 Å². The topological polar surface area (TPSA) is 20.3 Å². The summed E-state index contributed by atoms with van der Waals surface area (Å²) in [6.45, 7) is 4.58. The van der Waals surface area contributed by atoms with Crippen molar-refractivity contribution in [3.63, 3.8) is 0 Å². The maximum Gasteiger partial charge on any atom is 0.159 e. The molecule has 0 amide bonds. The highest BCUT2D eigenvalue weighted by molar-refractivity contribution is 8.00. The van der Waals surface area contributed by atoms with Crippen LogP contribution in [-0.4, -0.2) is 12.3 Å². The van der Waals surface area contributed by atoms with E-state index in [9.17, 15) is 4.79 Å². The van der Waals surface area contributed by atoms with Crippen molar-refractivity contribution in [1.29, 1.82) is 0 Å². The van der Waals surface area contributed by atoms with Crippen LogP contribution in [0.15, 0.2) is 59.5 Å². The summed E-state index contributed by atoms with van der Waals surface area (Å²) in [7, 11) is 0. The van der Waals surface area contributed by atoms with Crippen molar-refractivity contribution in [2.24, 2.45) is 0 Å². The maximum atomic E-state index is 11.4. The van der Waals surface area contributed by atoms with Gasteiger partial charge in [-0.25, -0.2) is 0 Å². The predicted molar refractivity (Wildman–Crippen MR) is 81.8 cm³/mol. The van der Waals surface area contributed by atoms with Gasteiger partial charge >= 0.3 is 0 Å². The molecule has 98 valence electrons. The van der Waals surface area contributed by atoms with Crippen molar-refractivity contribution in [3.8, 4) is 0 Å². The molecule has 0 heterocycles. The molecule has 3 heteroatoms. The van der Waals surface area contributed by atoms with E-state index >= 15 is 0 Å². The zero-order valence-electron chi connectivity index (χ0n) is 11.2. The largest absolute Gasteiger partial charge is 0.312 e. The zero-order valence-corrected chi connectivity index (χ0v) is 12.0. The standard InChI is InChI=1S/C16H17NOS/c1-3-17(19-16-10-5-4-6-11-16)15-9-7-8-14(12-15)13(2)18/h4-12H,3H2,1-2H3. The van der Waals surface area contributed by atoms with E-state index in [1.54, 1.807) is 18.9 Å². The molecule has 0 unspecified atom stereocenters. The normalized spacial score (nSPS) is 10.2. The van der Waals surface area contributed by atoms with Gasteiger partial charge < -0.3 is 4.31 Å². The minimum absolute atomic E-state index is 0.0996. The van der Waals surface area contributed by atoms with Gasteiger partial charge in [0.25, 0.3) is 0 Å². The van der Waals surface area contributed by atoms with Gasteiger partial charge in [-0.3, -0.25) is 4.79 Å². The number of anilines is 1. The Morgan fingerprint density at radius 3 is 2.47 bits per heavy atom. The third-order valence-electron chi connectivity index (χ3n) is 2.79. The average Bonchev–Trinajstić information content (AvgIpc) is 2.46. The van der Waals surface area contributed by atoms with E-state index in [4.69, 9.17) is 0 Å². The number of hydrogen-bond acceptors (Lipinski definition) is 3. The Labute approximate surface area is 118 Å². The molecule has 0 atom stereocenters. The van der Waals surface area contributed by atoms with Crippen molar-refractivity contribution in [3.05, 3.63) is 60.2 Å². The number of rotatable bonds is 5. The molecule has 0 fully saturated rings. The lowest BCUT2D eigenvalue weighted by Crippen LogP contribution is -2.13. The second-order valence-corrected chi connectivity index (χ2v) is 5.30. The average molecular weight is 271 g/mol. The molecule has 2 nitrogen and oxygen atoms in total. The minimum atomic E-state index is 0.0996. The fourth-order valence-electron chi connectivity index (χ4n) is 1.79. The molecule has 2 aromatic rings. The molecule has 0 aromatic heterocycles. The summed E-state index contributed by atoms with van der Waals surface area (Å²) in [5.41, 5.74) is 1.81. The number of nitrogens with zero attached hydrogens (tertiary/aromatic N) is 1. The number of benzene rings is 2. The zero-order chi connectivity index (χ0) is 13.7. The summed E-state index contributed by atoms with van der Waals surface area (Å²) in [5.74, 6) is 0.0996. The fourth-order valence-corrected chi connectivity index (χ4v) is 2.67. The molecular formula is C16H17NOS. The highest BCUT2D eigenvalue weighted by atomic mass is 32.2. The van der Waals surface area contributed by atoms with Gasteiger partial charge in [0, 0.05) is 22.7 Å². The SMILES string of the molecule is CCN(Sc1ccccc1)c1cccc(C(C)=O)c1. The van der Waals surface area contributed by atoms with E-state index in [1.165, 1.54) is 4.90 Å². The van der Waals surface area contributed by atoms with Crippen LogP contribution in [0, 0.1) is 0 Å². The van der Waals surface area contributed by atoms with Crippen LogP contribution >= 0.6 is 11.9 Å². The molecule has 0 aliphatic heterocycles. The van der Waals surface area contributed by atoms with Gasteiger partial charge in [-0.2, -0.15) is 0 Å². The van der Waals surface area contributed by atoms with E-state index in [0.29, 0.717) is 0 Å². The molecular weight excluding hydrogens is 254 g/mol. The van der Waals surface area contributed by atoms with Gasteiger partial charge in [0.2, 0.25) is 0 Å². The summed E-state index contributed by atoms with van der Waals surface area (Å²) in [5, 5.41) is 0. The Morgan fingerprint density at radius 1 is 1.11 bits per heavy atom. The van der Waals surface area contributed by atoms with Crippen LogP contribution in [0.3, 0.4) is 0 Å². The lowest BCUT2D eigenvalue weighted by molar-refractivity contribution is 0.101. The molecule has 0 N–H and O–H groups in total. The minimum Gasteiger partial charge on any atom is -0.312 e. The number of carbonyl (C=O) groups is 1. The predicted octanol–water partition coefficient (Wildman–Crippen LogP) is 4.42. The summed E-state index contributed by atoms with van der Waals surface area (Å²) < 4.78 is 2.18. The molecule has 0 saturated heterocycles. The van der Waals surface area contributed by atoms with Gasteiger partial charge in [0.1, 0.15) is 0 Å². The van der Waals surface area contributed by atoms with Crippen LogP contribution in [0.5, 0.6) is 0 Å². The first-order chi connectivity index (χ1) is 9.20. The lowest BCUT2D eigenvalue weighted by atomic mass is 10.1. The van der Waals surface area contributed by atoms with Crippen molar-refractivity contribution in [2.45, 2.75) is 18.7 Å². The summed E-state index contributed by atoms with van der Waals surface area (Å²) in [6, 6.07) is 18.0.